The van der Waals surface area contributed by atoms with Crippen molar-refractivity contribution >= 4 is 28.6 Å². The molecule has 1 aliphatic heterocycles. The highest BCUT2D eigenvalue weighted by Gasteiger charge is 2.41. The van der Waals surface area contributed by atoms with Crippen LogP contribution in [0.4, 0.5) is 10.5 Å². The molecule has 3 aromatic rings. The van der Waals surface area contributed by atoms with Crippen LogP contribution in [0.5, 0.6) is 5.75 Å². The number of benzene rings is 1. The number of carbonyl (C=O) groups is 2. The molecule has 3 heterocycles. The fourth-order valence-corrected chi connectivity index (χ4v) is 8.02. The molecule has 2 amide bonds. The molecule has 47 heavy (non-hydrogen) atoms. The van der Waals surface area contributed by atoms with Crippen LogP contribution in [0.2, 0.25) is 0 Å². The van der Waals surface area contributed by atoms with E-state index >= 15 is 0 Å². The number of nitrogens with zero attached hydrogens (tertiary/aromatic N) is 5. The van der Waals surface area contributed by atoms with Crippen molar-refractivity contribution in [2.45, 2.75) is 116 Å². The number of carbonyl (C=O) groups excluding carboxylic acids is 2. The topological polar surface area (TPSA) is 102 Å². The largest absolute Gasteiger partial charge is 0.494 e. The van der Waals surface area contributed by atoms with Gasteiger partial charge in [0.2, 0.25) is 0 Å². The summed E-state index contributed by atoms with van der Waals surface area (Å²) in [7, 11) is 3.95. The molecule has 2 saturated carbocycles. The standard InChI is InChI=1S/C37H52N6O4/c1-25-8-7-9-30(38-25)34(44)39-32-22-26-24-43(40-31(26)23-33(32)46-6)29-12-10-27(11-13-29)41(5)28-14-16-37(17-15-28)18-20-42(21-19-37)35(45)47-36(2,3)4/h7-9,22-24,27-29H,10-21H2,1-6H3,(H,39,44)/t27-,29-. The Labute approximate surface area is 279 Å². The van der Waals surface area contributed by atoms with Gasteiger partial charge >= 0.3 is 6.09 Å². The van der Waals surface area contributed by atoms with Gasteiger partial charge in [0, 0.05) is 48.5 Å². The van der Waals surface area contributed by atoms with Gasteiger partial charge in [-0.2, -0.15) is 5.10 Å². The first-order chi connectivity index (χ1) is 22.4. The number of ether oxygens (including phenoxy) is 2. The van der Waals surface area contributed by atoms with Crippen molar-refractivity contribution in [2.75, 3.05) is 32.6 Å². The van der Waals surface area contributed by atoms with Crippen LogP contribution in [0.1, 0.15) is 107 Å². The van der Waals surface area contributed by atoms with Crippen LogP contribution in [-0.4, -0.2) is 81.5 Å². The maximum atomic E-state index is 12.9. The molecule has 3 aliphatic rings. The molecule has 0 radical (unpaired) electrons. The first kappa shape index (κ1) is 33.2. The Bertz CT molecular complexity index is 1570. The normalized spacial score (nSPS) is 22.1. The summed E-state index contributed by atoms with van der Waals surface area (Å²) in [4.78, 5) is 34.4. The number of hydrogen-bond donors (Lipinski definition) is 1. The summed E-state index contributed by atoms with van der Waals surface area (Å²) < 4.78 is 13.4. The molecule has 10 heteroatoms. The summed E-state index contributed by atoms with van der Waals surface area (Å²) in [6.07, 6.45) is 13.7. The van der Waals surface area contributed by atoms with Gasteiger partial charge in [-0.25, -0.2) is 9.78 Å². The van der Waals surface area contributed by atoms with Gasteiger partial charge in [0.05, 0.1) is 24.4 Å². The van der Waals surface area contributed by atoms with Crippen LogP contribution >= 0.6 is 0 Å². The fraction of sp³-hybridized carbons (Fsp3) is 0.622. The number of piperidine rings is 1. The van der Waals surface area contributed by atoms with Crippen LogP contribution in [0, 0.1) is 12.3 Å². The smallest absolute Gasteiger partial charge is 0.410 e. The quantitative estimate of drug-likeness (QED) is 0.299. The lowest BCUT2D eigenvalue weighted by Crippen LogP contribution is -2.49. The molecule has 2 aromatic heterocycles. The number of amides is 2. The minimum atomic E-state index is -0.445. The number of pyridine rings is 1. The number of methoxy groups -OCH3 is 1. The Hall–Kier alpha value is -3.66. The van der Waals surface area contributed by atoms with Gasteiger partial charge in [0.15, 0.2) is 0 Å². The van der Waals surface area contributed by atoms with Gasteiger partial charge in [-0.3, -0.25) is 9.48 Å². The van der Waals surface area contributed by atoms with E-state index in [9.17, 15) is 9.59 Å². The minimum Gasteiger partial charge on any atom is -0.494 e. The molecule has 2 aliphatic carbocycles. The molecule has 1 spiro atoms. The Morgan fingerprint density at radius 3 is 2.30 bits per heavy atom. The van der Waals surface area contributed by atoms with Crippen molar-refractivity contribution in [1.29, 1.82) is 0 Å². The van der Waals surface area contributed by atoms with Gasteiger partial charge in [-0.15, -0.1) is 0 Å². The molecule has 0 atom stereocenters. The van der Waals surface area contributed by atoms with Gasteiger partial charge in [0.25, 0.3) is 5.91 Å². The number of fused-ring (bicyclic) bond motifs is 1. The fourth-order valence-electron chi connectivity index (χ4n) is 8.02. The summed E-state index contributed by atoms with van der Waals surface area (Å²) >= 11 is 0. The van der Waals surface area contributed by atoms with E-state index in [1.54, 1.807) is 13.2 Å². The minimum absolute atomic E-state index is 0.163. The SMILES string of the molecule is COc1cc2nn([C@H]3CC[C@H](N(C)C4CCC5(CC4)CCN(C(=O)OC(C)(C)C)CC5)CC3)cc2cc1NC(=O)c1cccc(C)n1. The van der Waals surface area contributed by atoms with Gasteiger partial charge in [-0.05, 0) is 123 Å². The lowest BCUT2D eigenvalue weighted by molar-refractivity contribution is -0.00519. The monoisotopic (exact) mass is 644 g/mol. The highest BCUT2D eigenvalue weighted by atomic mass is 16.6. The van der Waals surface area contributed by atoms with E-state index < -0.39 is 5.60 Å². The molecule has 1 saturated heterocycles. The van der Waals surface area contributed by atoms with E-state index in [4.69, 9.17) is 14.6 Å². The van der Waals surface area contributed by atoms with E-state index in [-0.39, 0.29) is 12.0 Å². The third-order valence-corrected chi connectivity index (χ3v) is 10.9. The van der Waals surface area contributed by atoms with Crippen LogP contribution in [0.25, 0.3) is 10.9 Å². The van der Waals surface area contributed by atoms with E-state index in [0.29, 0.717) is 40.7 Å². The van der Waals surface area contributed by atoms with Crippen molar-refractivity contribution in [2.24, 2.45) is 5.41 Å². The zero-order valence-electron chi connectivity index (χ0n) is 29.1. The number of nitrogens with one attached hydrogen (secondary N) is 1. The zero-order valence-corrected chi connectivity index (χ0v) is 29.1. The van der Waals surface area contributed by atoms with E-state index in [2.05, 4.69) is 33.1 Å². The Balaban J connectivity index is 1.01. The van der Waals surface area contributed by atoms with Crippen LogP contribution < -0.4 is 10.1 Å². The number of hydrogen-bond acceptors (Lipinski definition) is 7. The Kier molecular flexibility index (Phi) is 9.52. The van der Waals surface area contributed by atoms with E-state index in [1.807, 2.05) is 56.9 Å². The van der Waals surface area contributed by atoms with Crippen molar-refractivity contribution < 1.29 is 19.1 Å². The zero-order chi connectivity index (χ0) is 33.3. The van der Waals surface area contributed by atoms with Crippen LogP contribution in [-0.2, 0) is 4.74 Å². The van der Waals surface area contributed by atoms with Crippen molar-refractivity contribution in [1.82, 2.24) is 24.6 Å². The van der Waals surface area contributed by atoms with Crippen LogP contribution in [0.3, 0.4) is 0 Å². The molecule has 0 bridgehead atoms. The van der Waals surface area contributed by atoms with Gasteiger partial charge in [0.1, 0.15) is 17.0 Å². The average Bonchev–Trinajstić information content (AvgIpc) is 3.47. The lowest BCUT2D eigenvalue weighted by Gasteiger charge is -2.48. The van der Waals surface area contributed by atoms with E-state index in [1.165, 1.54) is 25.7 Å². The molecule has 0 unspecified atom stereocenters. The molecule has 254 valence electrons. The molecular weight excluding hydrogens is 592 g/mol. The number of anilines is 1. The average molecular weight is 645 g/mol. The molecule has 1 aromatic carbocycles. The third-order valence-electron chi connectivity index (χ3n) is 10.9. The number of rotatable bonds is 6. The van der Waals surface area contributed by atoms with E-state index in [0.717, 1.165) is 68.2 Å². The predicted octanol–water partition coefficient (Wildman–Crippen LogP) is 7.38. The predicted molar refractivity (Wildman–Crippen MR) is 184 cm³/mol. The van der Waals surface area contributed by atoms with Gasteiger partial charge in [-0.1, -0.05) is 6.07 Å². The van der Waals surface area contributed by atoms with Crippen LogP contribution in [0.15, 0.2) is 36.5 Å². The second kappa shape index (κ2) is 13.5. The lowest BCUT2D eigenvalue weighted by atomic mass is 9.66. The summed E-state index contributed by atoms with van der Waals surface area (Å²) in [6.45, 7) is 9.30. The number of aromatic nitrogens is 3. The van der Waals surface area contributed by atoms with Crippen molar-refractivity contribution in [3.05, 3.63) is 47.9 Å². The second-order valence-electron chi connectivity index (χ2n) is 15.2. The summed E-state index contributed by atoms with van der Waals surface area (Å²) in [5.74, 6) is 0.315. The Morgan fingerprint density at radius 2 is 1.66 bits per heavy atom. The Morgan fingerprint density at radius 1 is 0.979 bits per heavy atom. The highest BCUT2D eigenvalue weighted by Crippen LogP contribution is 2.46. The highest BCUT2D eigenvalue weighted by molar-refractivity contribution is 6.05. The molecule has 3 fully saturated rings. The van der Waals surface area contributed by atoms with Gasteiger partial charge < -0.3 is 24.6 Å². The summed E-state index contributed by atoms with van der Waals surface area (Å²) in [5.41, 5.74) is 2.58. The summed E-state index contributed by atoms with van der Waals surface area (Å²) in [5, 5.41) is 8.90. The molecule has 10 nitrogen and oxygen atoms in total. The maximum absolute atomic E-state index is 12.9. The molecular formula is C37H52N6O4. The summed E-state index contributed by atoms with van der Waals surface area (Å²) in [6, 6.07) is 10.9. The van der Waals surface area contributed by atoms with Crippen molar-refractivity contribution in [3.8, 4) is 5.75 Å². The molecule has 6 rings (SSSR count). The first-order valence-electron chi connectivity index (χ1n) is 17.4. The number of likely N-dealkylation sites (tertiary alicyclic amines) is 1. The third kappa shape index (κ3) is 7.58. The first-order valence-corrected chi connectivity index (χ1v) is 17.4. The maximum Gasteiger partial charge on any atom is 0.410 e. The van der Waals surface area contributed by atoms with Crippen molar-refractivity contribution in [3.63, 3.8) is 0 Å². The molecule has 1 N–H and O–H groups in total. The second-order valence-corrected chi connectivity index (χ2v) is 15.2. The number of aryl methyl sites for hydroxylation is 1.